The van der Waals surface area contributed by atoms with E-state index in [1.54, 1.807) is 43.3 Å². The summed E-state index contributed by atoms with van der Waals surface area (Å²) in [6.07, 6.45) is -0.148. The van der Waals surface area contributed by atoms with Gasteiger partial charge in [-0.15, -0.1) is 0 Å². The molecule has 0 radical (unpaired) electrons. The van der Waals surface area contributed by atoms with Crippen molar-refractivity contribution in [2.24, 2.45) is 0 Å². The summed E-state index contributed by atoms with van der Waals surface area (Å²) in [4.78, 5) is 24.5. The molecule has 1 atom stereocenters. The van der Waals surface area contributed by atoms with Gasteiger partial charge in [0, 0.05) is 0 Å². The number of nitrogens with one attached hydrogen (secondary N) is 1. The minimum absolute atomic E-state index is 0.274. The van der Waals surface area contributed by atoms with Gasteiger partial charge in [-0.1, -0.05) is 37.3 Å². The number of carbonyl (C=O) groups excluding carboxylic acids is 2. The van der Waals surface area contributed by atoms with Gasteiger partial charge in [-0.25, -0.2) is 4.79 Å². The van der Waals surface area contributed by atoms with Crippen LogP contribution in [-0.4, -0.2) is 24.6 Å². The van der Waals surface area contributed by atoms with Crippen LogP contribution in [0.25, 0.3) is 0 Å². The predicted octanol–water partition coefficient (Wildman–Crippen LogP) is 3.66. The van der Waals surface area contributed by atoms with Crippen LogP contribution in [0, 0.1) is 0 Å². The maximum absolute atomic E-state index is 12.5. The highest BCUT2D eigenvalue weighted by atomic mass is 16.5. The molecule has 5 nitrogen and oxygen atoms in total. The Morgan fingerprint density at radius 2 is 1.67 bits per heavy atom. The predicted molar refractivity (Wildman–Crippen MR) is 92.2 cm³/mol. The maximum atomic E-state index is 12.5. The highest BCUT2D eigenvalue weighted by Crippen LogP contribution is 2.18. The van der Waals surface area contributed by atoms with E-state index in [0.29, 0.717) is 23.4 Å². The van der Waals surface area contributed by atoms with Gasteiger partial charge in [0.1, 0.15) is 5.75 Å². The number of ether oxygens (including phenoxy) is 2. The lowest BCUT2D eigenvalue weighted by atomic mass is 10.1. The Kier molecular flexibility index (Phi) is 6.37. The number of amides is 1. The molecule has 5 heteroatoms. The van der Waals surface area contributed by atoms with Crippen molar-refractivity contribution in [3.63, 3.8) is 0 Å². The van der Waals surface area contributed by atoms with Crippen molar-refractivity contribution in [1.82, 2.24) is 0 Å². The fraction of sp³-hybridized carbons (Fsp3) is 0.263. The highest BCUT2D eigenvalue weighted by molar-refractivity contribution is 6.02. The summed E-state index contributed by atoms with van der Waals surface area (Å²) < 4.78 is 10.7. The monoisotopic (exact) mass is 327 g/mol. The second-order valence-corrected chi connectivity index (χ2v) is 5.08. The van der Waals surface area contributed by atoms with E-state index in [9.17, 15) is 9.59 Å². The number of para-hydroxylation sites is 2. The van der Waals surface area contributed by atoms with E-state index in [4.69, 9.17) is 9.47 Å². The molecule has 0 aliphatic carbocycles. The average Bonchev–Trinajstić information content (AvgIpc) is 2.61. The van der Waals surface area contributed by atoms with E-state index in [2.05, 4.69) is 5.32 Å². The third-order valence-corrected chi connectivity index (χ3v) is 3.37. The maximum Gasteiger partial charge on any atom is 0.340 e. The van der Waals surface area contributed by atoms with E-state index < -0.39 is 12.1 Å². The van der Waals surface area contributed by atoms with Crippen molar-refractivity contribution in [2.75, 3.05) is 11.9 Å². The second-order valence-electron chi connectivity index (χ2n) is 5.08. The van der Waals surface area contributed by atoms with E-state index in [-0.39, 0.29) is 12.5 Å². The molecule has 0 saturated carbocycles. The molecule has 2 aromatic carbocycles. The highest BCUT2D eigenvalue weighted by Gasteiger charge is 2.21. The molecule has 2 aromatic rings. The molecule has 0 unspecified atom stereocenters. The lowest BCUT2D eigenvalue weighted by Gasteiger charge is -2.18. The molecule has 0 fully saturated rings. The first-order chi connectivity index (χ1) is 11.7. The van der Waals surface area contributed by atoms with Crippen LogP contribution in [0.1, 0.15) is 30.6 Å². The van der Waals surface area contributed by atoms with Gasteiger partial charge in [0.2, 0.25) is 0 Å². The van der Waals surface area contributed by atoms with Gasteiger partial charge in [0.05, 0.1) is 17.9 Å². The number of hydrogen-bond acceptors (Lipinski definition) is 4. The lowest BCUT2D eigenvalue weighted by molar-refractivity contribution is -0.122. The van der Waals surface area contributed by atoms with Crippen LogP contribution in [0.2, 0.25) is 0 Å². The molecule has 0 aliphatic rings. The van der Waals surface area contributed by atoms with Crippen LogP contribution in [-0.2, 0) is 9.53 Å². The zero-order valence-electron chi connectivity index (χ0n) is 13.8. The third-order valence-electron chi connectivity index (χ3n) is 3.37. The average molecular weight is 327 g/mol. The van der Waals surface area contributed by atoms with Gasteiger partial charge >= 0.3 is 5.97 Å². The zero-order valence-corrected chi connectivity index (χ0v) is 13.8. The Balaban J connectivity index is 2.12. The second kappa shape index (κ2) is 8.72. The fourth-order valence-electron chi connectivity index (χ4n) is 2.18. The number of carbonyl (C=O) groups is 2. The first-order valence-electron chi connectivity index (χ1n) is 7.94. The Morgan fingerprint density at radius 1 is 1.00 bits per heavy atom. The molecule has 0 aromatic heterocycles. The molecule has 0 bridgehead atoms. The minimum Gasteiger partial charge on any atom is -0.481 e. The van der Waals surface area contributed by atoms with Gasteiger partial charge in [0.15, 0.2) is 6.10 Å². The summed E-state index contributed by atoms with van der Waals surface area (Å²) >= 11 is 0. The number of hydrogen-bond donors (Lipinski definition) is 1. The Bertz CT molecular complexity index is 685. The summed E-state index contributed by atoms with van der Waals surface area (Å²) in [7, 11) is 0. The van der Waals surface area contributed by atoms with Crippen molar-refractivity contribution in [2.45, 2.75) is 26.4 Å². The summed E-state index contributed by atoms with van der Waals surface area (Å²) in [5.74, 6) is -0.151. The molecule has 0 heterocycles. The summed E-state index contributed by atoms with van der Waals surface area (Å²) in [5, 5.41) is 2.76. The quantitative estimate of drug-likeness (QED) is 0.788. The topological polar surface area (TPSA) is 64.6 Å². The number of anilines is 1. The molecule has 1 amide bonds. The van der Waals surface area contributed by atoms with E-state index in [1.165, 1.54) is 0 Å². The molecular formula is C19H21NO4. The Hall–Kier alpha value is -2.82. The van der Waals surface area contributed by atoms with Crippen molar-refractivity contribution in [1.29, 1.82) is 0 Å². The van der Waals surface area contributed by atoms with Crippen molar-refractivity contribution < 1.29 is 19.1 Å². The smallest absolute Gasteiger partial charge is 0.340 e. The van der Waals surface area contributed by atoms with Crippen LogP contribution < -0.4 is 10.1 Å². The van der Waals surface area contributed by atoms with E-state index in [1.807, 2.05) is 25.1 Å². The minimum atomic E-state index is -0.650. The Morgan fingerprint density at radius 3 is 2.33 bits per heavy atom. The molecular weight excluding hydrogens is 306 g/mol. The first-order valence-corrected chi connectivity index (χ1v) is 7.94. The van der Waals surface area contributed by atoms with Crippen LogP contribution in [0.5, 0.6) is 5.75 Å². The largest absolute Gasteiger partial charge is 0.481 e. The van der Waals surface area contributed by atoms with E-state index in [0.717, 1.165) is 0 Å². The van der Waals surface area contributed by atoms with Gasteiger partial charge in [0.25, 0.3) is 5.91 Å². The van der Waals surface area contributed by atoms with Gasteiger partial charge in [-0.2, -0.15) is 0 Å². The van der Waals surface area contributed by atoms with Crippen LogP contribution in [0.15, 0.2) is 54.6 Å². The summed E-state index contributed by atoms with van der Waals surface area (Å²) in [6, 6.07) is 15.9. The van der Waals surface area contributed by atoms with Crippen LogP contribution in [0.4, 0.5) is 5.69 Å². The van der Waals surface area contributed by atoms with Crippen molar-refractivity contribution in [3.05, 3.63) is 60.2 Å². The molecule has 0 aliphatic heterocycles. The number of rotatable bonds is 7. The third kappa shape index (κ3) is 4.59. The van der Waals surface area contributed by atoms with E-state index >= 15 is 0 Å². The summed E-state index contributed by atoms with van der Waals surface area (Å²) in [6.45, 7) is 3.88. The number of esters is 1. The number of benzene rings is 2. The fourth-order valence-corrected chi connectivity index (χ4v) is 2.18. The molecule has 0 spiro atoms. The molecule has 0 saturated heterocycles. The lowest BCUT2D eigenvalue weighted by Crippen LogP contribution is -2.33. The SMILES string of the molecule is CCOC(=O)c1ccccc1NC(=O)[C@@H](CC)Oc1ccccc1. The van der Waals surface area contributed by atoms with Crippen LogP contribution >= 0.6 is 0 Å². The van der Waals surface area contributed by atoms with Crippen molar-refractivity contribution >= 4 is 17.6 Å². The van der Waals surface area contributed by atoms with Gasteiger partial charge in [-0.3, -0.25) is 4.79 Å². The molecule has 1 N–H and O–H groups in total. The van der Waals surface area contributed by atoms with Gasteiger partial charge in [-0.05, 0) is 37.6 Å². The molecule has 24 heavy (non-hydrogen) atoms. The standard InChI is InChI=1S/C19H21NO4/c1-3-17(24-14-10-6-5-7-11-14)18(21)20-16-13-9-8-12-15(16)19(22)23-4-2/h5-13,17H,3-4H2,1-2H3,(H,20,21)/t17-/m1/s1. The molecule has 126 valence electrons. The van der Waals surface area contributed by atoms with Crippen molar-refractivity contribution in [3.8, 4) is 5.75 Å². The summed E-state index contributed by atoms with van der Waals surface area (Å²) in [5.41, 5.74) is 0.735. The zero-order chi connectivity index (χ0) is 17.4. The van der Waals surface area contributed by atoms with Crippen LogP contribution in [0.3, 0.4) is 0 Å². The Labute approximate surface area is 141 Å². The first kappa shape index (κ1) is 17.5. The molecule has 2 rings (SSSR count). The van der Waals surface area contributed by atoms with Gasteiger partial charge < -0.3 is 14.8 Å². The normalized spacial score (nSPS) is 11.4.